The molecule has 0 radical (unpaired) electrons. The first-order chi connectivity index (χ1) is 28.6. The Hall–Kier alpha value is -2.30. The number of ketones is 1. The number of hydrogen-bond donors (Lipinski definition) is 1. The van der Waals surface area contributed by atoms with Gasteiger partial charge < -0.3 is 52.6 Å². The maximum atomic E-state index is 14.7. The van der Waals surface area contributed by atoms with Crippen molar-refractivity contribution in [2.45, 2.75) is 180 Å². The number of carbonyl (C=O) groups is 2. The zero-order valence-corrected chi connectivity index (χ0v) is 39.4. The number of benzene rings is 1. The van der Waals surface area contributed by atoms with Gasteiger partial charge in [0.1, 0.15) is 29.7 Å². The van der Waals surface area contributed by atoms with E-state index >= 15 is 0 Å². The Morgan fingerprint density at radius 2 is 1.52 bits per heavy atom. The molecule has 0 aliphatic carbocycles. The Morgan fingerprint density at radius 3 is 2.13 bits per heavy atom. The van der Waals surface area contributed by atoms with E-state index in [-0.39, 0.29) is 37.4 Å². The Morgan fingerprint density at radius 1 is 0.885 bits per heavy atom. The second kappa shape index (κ2) is 20.3. The number of methoxy groups -OCH3 is 2. The molecule has 0 spiro atoms. The molecule has 4 heterocycles. The van der Waals surface area contributed by atoms with Crippen LogP contribution < -0.4 is 0 Å². The van der Waals surface area contributed by atoms with Gasteiger partial charge in [0.2, 0.25) is 0 Å². The molecule has 4 saturated heterocycles. The van der Waals surface area contributed by atoms with Crippen molar-refractivity contribution in [2.75, 3.05) is 34.9 Å². The van der Waals surface area contributed by atoms with Gasteiger partial charge in [0.15, 0.2) is 12.6 Å². The summed E-state index contributed by atoms with van der Waals surface area (Å²) in [5.74, 6) is -3.38. The van der Waals surface area contributed by atoms with Gasteiger partial charge in [-0.2, -0.15) is 0 Å². The van der Waals surface area contributed by atoms with Crippen LogP contribution in [0.25, 0.3) is 0 Å². The smallest absolute Gasteiger partial charge is 0.311 e. The summed E-state index contributed by atoms with van der Waals surface area (Å²) in [6.07, 6.45) is -4.90. The molecule has 5 rings (SSSR count). The van der Waals surface area contributed by atoms with E-state index in [0.29, 0.717) is 19.4 Å². The summed E-state index contributed by atoms with van der Waals surface area (Å²) >= 11 is 0. The number of Topliss-reactive ketones (excluding diaryl/α,β-unsaturated/α-hetero) is 1. The Balaban J connectivity index is 1.58. The van der Waals surface area contributed by atoms with Gasteiger partial charge in [-0.1, -0.05) is 64.6 Å². The fourth-order valence-corrected chi connectivity index (χ4v) is 10.9. The van der Waals surface area contributed by atoms with Crippen molar-refractivity contribution >= 4 is 11.8 Å². The van der Waals surface area contributed by atoms with Crippen molar-refractivity contribution in [3.63, 3.8) is 0 Å². The molecule has 1 N–H and O–H groups in total. The molecule has 1 aromatic rings. The number of aliphatic hydroxyl groups excluding tert-OH is 1. The summed E-state index contributed by atoms with van der Waals surface area (Å²) in [7, 11) is 7.11. The monoisotopic (exact) mass is 860 g/mol. The largest absolute Gasteiger partial charge is 0.459 e. The normalized spacial score (nSPS) is 44.4. The molecule has 0 aromatic heterocycles. The lowest BCUT2D eigenvalue weighted by Crippen LogP contribution is -2.61. The Kier molecular flexibility index (Phi) is 16.5. The Bertz CT molecular complexity index is 1630. The number of rotatable bonds is 11. The molecule has 4 aliphatic heterocycles. The lowest BCUT2D eigenvalue weighted by molar-refractivity contribution is -0.322. The van der Waals surface area contributed by atoms with Gasteiger partial charge >= 0.3 is 5.97 Å². The third-order valence-corrected chi connectivity index (χ3v) is 14.5. The summed E-state index contributed by atoms with van der Waals surface area (Å²) in [5, 5.41) is 11.8. The first-order valence-electron chi connectivity index (χ1n) is 22.4. The number of carbonyl (C=O) groups excluding carboxylic acids is 2. The summed E-state index contributed by atoms with van der Waals surface area (Å²) < 4.78 is 59.2. The van der Waals surface area contributed by atoms with Crippen molar-refractivity contribution in [3.05, 3.63) is 48.0 Å². The highest BCUT2D eigenvalue weighted by Gasteiger charge is 2.57. The molecule has 4 fully saturated rings. The molecule has 1 aromatic carbocycles. The predicted molar refractivity (Wildman–Crippen MR) is 230 cm³/mol. The van der Waals surface area contributed by atoms with E-state index in [4.69, 9.17) is 42.6 Å². The number of aliphatic hydroxyl groups is 1. The van der Waals surface area contributed by atoms with Gasteiger partial charge in [0.05, 0.1) is 54.7 Å². The van der Waals surface area contributed by atoms with Gasteiger partial charge in [-0.15, -0.1) is 0 Å². The zero-order chi connectivity index (χ0) is 45.2. The zero-order valence-electron chi connectivity index (χ0n) is 39.4. The second-order valence-electron chi connectivity index (χ2n) is 19.3. The summed E-state index contributed by atoms with van der Waals surface area (Å²) in [6.45, 7) is 24.2. The van der Waals surface area contributed by atoms with E-state index in [1.54, 1.807) is 21.1 Å². The number of cyclic esters (lactones) is 1. The highest BCUT2D eigenvalue weighted by molar-refractivity contribution is 5.84. The van der Waals surface area contributed by atoms with E-state index in [1.165, 1.54) is 0 Å². The second-order valence-corrected chi connectivity index (χ2v) is 19.3. The fourth-order valence-electron chi connectivity index (χ4n) is 10.9. The molecule has 18 atom stereocenters. The summed E-state index contributed by atoms with van der Waals surface area (Å²) in [5.41, 5.74) is -1.16. The highest BCUT2D eigenvalue weighted by atomic mass is 16.7. The maximum absolute atomic E-state index is 14.7. The number of ether oxygens (including phenoxy) is 9. The van der Waals surface area contributed by atoms with Crippen LogP contribution in [0.2, 0.25) is 0 Å². The SMILES string of the molecule is C=C1CO[C@]2(C)[C@@H](CC)OC(=O)[C@H](C)[C@@H](OC3C[C@@](C)(OC)[C@@H](OCc4ccccc4)[C@H](C)O3)[C@H](C)[C@@H](O[C@@H]3O[C@H](C)C[C@H](N(C)C)[C@H]3O)[C@](C)(OC)C[C@@H](C)C(=O)C(C)[C@H]12. The summed E-state index contributed by atoms with van der Waals surface area (Å²) in [4.78, 5) is 31.3. The quantitative estimate of drug-likeness (QED) is 0.191. The van der Waals surface area contributed by atoms with Crippen LogP contribution in [0.15, 0.2) is 42.5 Å². The van der Waals surface area contributed by atoms with Crippen LogP contribution in [0.4, 0.5) is 0 Å². The average molecular weight is 860 g/mol. The van der Waals surface area contributed by atoms with Crippen molar-refractivity contribution in [1.82, 2.24) is 4.90 Å². The third kappa shape index (κ3) is 10.5. The van der Waals surface area contributed by atoms with Gasteiger partial charge in [0, 0.05) is 50.4 Å². The molecule has 4 aliphatic rings. The maximum Gasteiger partial charge on any atom is 0.311 e. The van der Waals surface area contributed by atoms with Crippen LogP contribution in [0.3, 0.4) is 0 Å². The van der Waals surface area contributed by atoms with Crippen LogP contribution in [-0.4, -0.2) is 135 Å². The van der Waals surface area contributed by atoms with E-state index in [2.05, 4.69) is 6.58 Å². The van der Waals surface area contributed by atoms with Crippen molar-refractivity contribution < 1.29 is 57.3 Å². The van der Waals surface area contributed by atoms with Gasteiger partial charge in [-0.3, -0.25) is 9.59 Å². The van der Waals surface area contributed by atoms with E-state index in [9.17, 15) is 14.7 Å². The third-order valence-electron chi connectivity index (χ3n) is 14.5. The van der Waals surface area contributed by atoms with Crippen LogP contribution in [0.1, 0.15) is 100 Å². The molecule has 0 bridgehead atoms. The standard InChI is InChI=1S/C48H77NO12/c1-16-36-48(11)38(28(3)25-56-48)30(5)39(50)27(2)23-46(9,53-14)42(61-45-40(51)35(49(12)13)22-29(4)57-45)31(6)41(32(7)44(52)59-36)60-37-24-47(10,54-15)43(33(8)58-37)55-26-34-20-18-17-19-21-34/h17-21,27,29-33,35-38,40-43,45,51H,3,16,22-26H2,1-2,4-15H3/t27-,29-,30?,31+,32-,33+,35+,36-,37?,38+,40-,41+,42-,43+,45+,46-,47-,48-/m1/s1. The number of hydrogen-bond acceptors (Lipinski definition) is 13. The molecular weight excluding hydrogens is 783 g/mol. The minimum absolute atomic E-state index is 0.0136. The van der Waals surface area contributed by atoms with Gasteiger partial charge in [-0.05, 0) is 86.0 Å². The van der Waals surface area contributed by atoms with Crippen LogP contribution in [0.5, 0.6) is 0 Å². The number of fused-ring (bicyclic) bond motifs is 1. The molecule has 0 amide bonds. The highest BCUT2D eigenvalue weighted by Crippen LogP contribution is 2.47. The van der Waals surface area contributed by atoms with Crippen LogP contribution in [0, 0.1) is 29.6 Å². The molecule has 61 heavy (non-hydrogen) atoms. The van der Waals surface area contributed by atoms with Crippen LogP contribution >= 0.6 is 0 Å². The molecule has 346 valence electrons. The molecule has 2 unspecified atom stereocenters. The minimum Gasteiger partial charge on any atom is -0.459 e. The molecule has 13 nitrogen and oxygen atoms in total. The minimum atomic E-state index is -1.16. The average Bonchev–Trinajstić information content (AvgIpc) is 3.53. The predicted octanol–water partition coefficient (Wildman–Crippen LogP) is 6.51. The molecule has 0 saturated carbocycles. The number of esters is 1. The van der Waals surface area contributed by atoms with Crippen molar-refractivity contribution in [1.29, 1.82) is 0 Å². The number of likely N-dealkylation sites (N-methyl/N-ethyl adjacent to an activating group) is 1. The van der Waals surface area contributed by atoms with Crippen molar-refractivity contribution in [2.24, 2.45) is 29.6 Å². The lowest BCUT2D eigenvalue weighted by atomic mass is 9.69. The topological polar surface area (TPSA) is 141 Å². The van der Waals surface area contributed by atoms with Crippen molar-refractivity contribution in [3.8, 4) is 0 Å². The molecular formula is C48H77NO12. The Labute approximate surface area is 365 Å². The van der Waals surface area contributed by atoms with Crippen LogP contribution in [-0.2, 0) is 58.8 Å². The van der Waals surface area contributed by atoms with E-state index in [0.717, 1.165) is 11.1 Å². The fraction of sp³-hybridized carbons (Fsp3) is 0.792. The first-order valence-corrected chi connectivity index (χ1v) is 22.4. The molecule has 13 heteroatoms. The first kappa shape index (κ1) is 49.7. The van der Waals surface area contributed by atoms with Gasteiger partial charge in [0.25, 0.3) is 0 Å². The lowest BCUT2D eigenvalue weighted by Gasteiger charge is -2.50. The van der Waals surface area contributed by atoms with Gasteiger partial charge in [-0.25, -0.2) is 0 Å². The van der Waals surface area contributed by atoms with E-state index < -0.39 is 102 Å². The summed E-state index contributed by atoms with van der Waals surface area (Å²) in [6, 6.07) is 9.70. The van der Waals surface area contributed by atoms with E-state index in [1.807, 2.05) is 112 Å². The number of nitrogens with zero attached hydrogens (tertiary/aromatic N) is 1.